The van der Waals surface area contributed by atoms with Crippen LogP contribution in [0, 0.1) is 4.77 Å². The summed E-state index contributed by atoms with van der Waals surface area (Å²) >= 11 is 4.63. The van der Waals surface area contributed by atoms with E-state index in [-0.39, 0.29) is 10.5 Å². The number of amides is 1. The molecule has 1 heterocycles. The molecule has 0 aliphatic heterocycles. The number of aromatic nitrogens is 2. The zero-order chi connectivity index (χ0) is 11.4. The fourth-order valence-corrected chi connectivity index (χ4v) is 1.05. The summed E-state index contributed by atoms with van der Waals surface area (Å²) < 4.78 is 0.00275. The van der Waals surface area contributed by atoms with Crippen LogP contribution >= 0.6 is 12.2 Å². The quantitative estimate of drug-likeness (QED) is 0.509. The fraction of sp³-hybridized carbons (Fsp3) is 0.143. The second kappa shape index (κ2) is 4.51. The Morgan fingerprint density at radius 2 is 2.13 bits per heavy atom. The molecule has 4 N–H and O–H groups in total. The molecule has 0 saturated carbocycles. The molecule has 15 heavy (non-hydrogen) atoms. The van der Waals surface area contributed by atoms with E-state index in [2.05, 4.69) is 27.5 Å². The lowest BCUT2D eigenvalue weighted by atomic mass is 10.4. The number of rotatable bonds is 3. The molecule has 1 rings (SSSR count). The van der Waals surface area contributed by atoms with Gasteiger partial charge in [0.1, 0.15) is 12.2 Å². The third kappa shape index (κ3) is 3.35. The molecule has 0 bridgehead atoms. The maximum absolute atomic E-state index is 11.2. The average molecular weight is 229 g/mol. The largest absolute Gasteiger partial charge is 0.480 e. The minimum atomic E-state index is -1.17. The van der Waals surface area contributed by atoms with Crippen LogP contribution in [0.25, 0.3) is 0 Å². The number of hydrogen-bond acceptors (Lipinski definition) is 4. The van der Waals surface area contributed by atoms with Gasteiger partial charge < -0.3 is 15.4 Å². The molecule has 1 amide bonds. The van der Waals surface area contributed by atoms with Gasteiger partial charge in [0.15, 0.2) is 4.77 Å². The highest BCUT2D eigenvalue weighted by Crippen LogP contribution is 1.88. The van der Waals surface area contributed by atoms with Gasteiger partial charge >= 0.3 is 5.97 Å². The highest BCUT2D eigenvalue weighted by molar-refractivity contribution is 7.71. The van der Waals surface area contributed by atoms with Gasteiger partial charge in [-0.05, 0) is 12.2 Å². The van der Waals surface area contributed by atoms with Crippen molar-refractivity contribution in [3.05, 3.63) is 26.9 Å². The molecule has 0 fully saturated rings. The number of carbonyl (C=O) groups is 2. The summed E-state index contributed by atoms with van der Waals surface area (Å²) in [4.78, 5) is 37.0. The van der Waals surface area contributed by atoms with Gasteiger partial charge in [-0.1, -0.05) is 0 Å². The molecule has 0 radical (unpaired) electrons. The topological polar surface area (TPSA) is 115 Å². The Bertz CT molecular complexity index is 475. The number of aliphatic carboxylic acids is 1. The van der Waals surface area contributed by atoms with Gasteiger partial charge in [-0.15, -0.1) is 0 Å². The molecule has 0 aliphatic carbocycles. The monoisotopic (exact) mass is 229 g/mol. The van der Waals surface area contributed by atoms with E-state index in [0.29, 0.717) is 0 Å². The molecule has 80 valence electrons. The maximum atomic E-state index is 11.2. The Kier molecular flexibility index (Phi) is 3.34. The van der Waals surface area contributed by atoms with Crippen LogP contribution in [0.1, 0.15) is 10.5 Å². The van der Waals surface area contributed by atoms with Crippen LogP contribution in [0.5, 0.6) is 0 Å². The number of carboxylic acids is 1. The van der Waals surface area contributed by atoms with E-state index in [9.17, 15) is 14.4 Å². The van der Waals surface area contributed by atoms with Crippen molar-refractivity contribution in [2.45, 2.75) is 0 Å². The number of carboxylic acid groups (broad SMARTS) is 1. The molecule has 0 aromatic carbocycles. The van der Waals surface area contributed by atoms with Crippen molar-refractivity contribution < 1.29 is 14.7 Å². The Balaban J connectivity index is 2.87. The SMILES string of the molecule is O=C(O)CNC(=O)c1cc(=O)[nH]c(=S)[nH]1. The van der Waals surface area contributed by atoms with Crippen LogP contribution in [-0.2, 0) is 4.79 Å². The summed E-state index contributed by atoms with van der Waals surface area (Å²) in [6.07, 6.45) is 0. The zero-order valence-corrected chi connectivity index (χ0v) is 8.18. The van der Waals surface area contributed by atoms with E-state index < -0.39 is 24.0 Å². The van der Waals surface area contributed by atoms with Crippen LogP contribution in [-0.4, -0.2) is 33.5 Å². The second-order valence-corrected chi connectivity index (χ2v) is 2.99. The Labute approximate surface area is 88.2 Å². The summed E-state index contributed by atoms with van der Waals surface area (Å²) in [6.45, 7) is -0.522. The Morgan fingerprint density at radius 1 is 1.47 bits per heavy atom. The molecular formula is C7H7N3O4S. The first-order valence-corrected chi connectivity index (χ1v) is 4.23. The lowest BCUT2D eigenvalue weighted by Gasteiger charge is -2.01. The summed E-state index contributed by atoms with van der Waals surface area (Å²) in [5.41, 5.74) is -0.607. The van der Waals surface area contributed by atoms with Gasteiger partial charge in [0.25, 0.3) is 11.5 Å². The molecule has 0 spiro atoms. The number of hydrogen-bond donors (Lipinski definition) is 4. The standard InChI is InChI=1S/C7H7N3O4S/c11-4-1-3(9-7(15)10-4)6(14)8-2-5(12)13/h1H,2H2,(H,8,14)(H,12,13)(H2,9,10,11,15). The molecule has 0 saturated heterocycles. The van der Waals surface area contributed by atoms with Crippen molar-refractivity contribution in [1.29, 1.82) is 0 Å². The van der Waals surface area contributed by atoms with Gasteiger partial charge in [0, 0.05) is 6.07 Å². The third-order valence-electron chi connectivity index (χ3n) is 1.41. The van der Waals surface area contributed by atoms with E-state index >= 15 is 0 Å². The van der Waals surface area contributed by atoms with Crippen LogP contribution in [0.3, 0.4) is 0 Å². The number of H-pyrrole nitrogens is 2. The molecule has 8 heteroatoms. The van der Waals surface area contributed by atoms with Gasteiger partial charge in [0.05, 0.1) is 0 Å². The third-order valence-corrected chi connectivity index (χ3v) is 1.61. The normalized spacial score (nSPS) is 9.60. The van der Waals surface area contributed by atoms with Gasteiger partial charge in [-0.25, -0.2) is 0 Å². The van der Waals surface area contributed by atoms with Crippen molar-refractivity contribution in [2.75, 3.05) is 6.54 Å². The lowest BCUT2D eigenvalue weighted by Crippen LogP contribution is -2.30. The molecular weight excluding hydrogens is 222 g/mol. The van der Waals surface area contributed by atoms with Gasteiger partial charge in [-0.3, -0.25) is 19.4 Å². The molecule has 1 aromatic heterocycles. The van der Waals surface area contributed by atoms with E-state index in [1.165, 1.54) is 0 Å². The van der Waals surface area contributed by atoms with E-state index in [0.717, 1.165) is 6.07 Å². The van der Waals surface area contributed by atoms with E-state index in [1.54, 1.807) is 0 Å². The van der Waals surface area contributed by atoms with Crippen LogP contribution < -0.4 is 10.9 Å². The van der Waals surface area contributed by atoms with Crippen molar-refractivity contribution in [2.24, 2.45) is 0 Å². The molecule has 0 aliphatic rings. The van der Waals surface area contributed by atoms with Crippen molar-refractivity contribution >= 4 is 24.1 Å². The van der Waals surface area contributed by atoms with Crippen molar-refractivity contribution in [1.82, 2.24) is 15.3 Å². The minimum Gasteiger partial charge on any atom is -0.480 e. The van der Waals surface area contributed by atoms with E-state index in [4.69, 9.17) is 5.11 Å². The van der Waals surface area contributed by atoms with Crippen LogP contribution in [0.15, 0.2) is 10.9 Å². The lowest BCUT2D eigenvalue weighted by molar-refractivity contribution is -0.135. The van der Waals surface area contributed by atoms with E-state index in [1.807, 2.05) is 0 Å². The average Bonchev–Trinajstić information content (AvgIpc) is 2.12. The smallest absolute Gasteiger partial charge is 0.322 e. The Morgan fingerprint density at radius 3 is 2.67 bits per heavy atom. The van der Waals surface area contributed by atoms with Gasteiger partial charge in [0.2, 0.25) is 0 Å². The van der Waals surface area contributed by atoms with Crippen molar-refractivity contribution in [3.63, 3.8) is 0 Å². The summed E-state index contributed by atoms with van der Waals surface area (Å²) in [7, 11) is 0. The van der Waals surface area contributed by atoms with Gasteiger partial charge in [-0.2, -0.15) is 0 Å². The highest BCUT2D eigenvalue weighted by atomic mass is 32.1. The predicted octanol–water partition coefficient (Wildman–Crippen LogP) is -0.753. The minimum absolute atomic E-state index is 0.00275. The summed E-state index contributed by atoms with van der Waals surface area (Å²) in [5.74, 6) is -1.87. The molecule has 7 nitrogen and oxygen atoms in total. The summed E-state index contributed by atoms with van der Waals surface area (Å²) in [5, 5.41) is 10.4. The maximum Gasteiger partial charge on any atom is 0.322 e. The first kappa shape index (κ1) is 11.1. The second-order valence-electron chi connectivity index (χ2n) is 2.58. The molecule has 0 unspecified atom stereocenters. The predicted molar refractivity (Wildman–Crippen MR) is 52.2 cm³/mol. The molecule has 0 atom stereocenters. The molecule has 1 aromatic rings. The van der Waals surface area contributed by atoms with Crippen molar-refractivity contribution in [3.8, 4) is 0 Å². The summed E-state index contributed by atoms with van der Waals surface area (Å²) in [6, 6.07) is 0.993. The van der Waals surface area contributed by atoms with Crippen LogP contribution in [0.4, 0.5) is 0 Å². The first-order chi connectivity index (χ1) is 6.99. The zero-order valence-electron chi connectivity index (χ0n) is 7.36. The number of aromatic amines is 2. The first-order valence-electron chi connectivity index (χ1n) is 3.82. The highest BCUT2D eigenvalue weighted by Gasteiger charge is 2.07. The van der Waals surface area contributed by atoms with Crippen LogP contribution in [0.2, 0.25) is 0 Å². The number of carbonyl (C=O) groups excluding carboxylic acids is 1. The fourth-order valence-electron chi connectivity index (χ4n) is 0.842. The Hall–Kier alpha value is -1.96. The number of nitrogens with one attached hydrogen (secondary N) is 3.